The largest absolute Gasteiger partial charge is 0.497 e. The Kier molecular flexibility index (Phi) is 4.07. The van der Waals surface area contributed by atoms with Gasteiger partial charge in [-0.05, 0) is 41.0 Å². The van der Waals surface area contributed by atoms with E-state index in [0.717, 1.165) is 24.5 Å². The van der Waals surface area contributed by atoms with Crippen LogP contribution in [0.4, 0.5) is 0 Å². The number of nitrogens with zero attached hydrogens (tertiary/aromatic N) is 2. The second kappa shape index (κ2) is 6.36. The van der Waals surface area contributed by atoms with E-state index in [2.05, 4.69) is 58.1 Å². The highest BCUT2D eigenvalue weighted by Gasteiger charge is 2.39. The van der Waals surface area contributed by atoms with Gasteiger partial charge < -0.3 is 9.30 Å². The first-order chi connectivity index (χ1) is 11.8. The van der Waals surface area contributed by atoms with E-state index in [1.807, 2.05) is 30.5 Å². The zero-order valence-corrected chi connectivity index (χ0v) is 14.5. The maximum atomic E-state index is 5.44. The number of hydrogen-bond acceptors (Lipinski definition) is 3. The molecule has 0 aliphatic carbocycles. The summed E-state index contributed by atoms with van der Waals surface area (Å²) in [6, 6.07) is 17.3. The summed E-state index contributed by atoms with van der Waals surface area (Å²) in [5, 5.41) is 0. The highest BCUT2D eigenvalue weighted by molar-refractivity contribution is 8.00. The first-order valence-electron chi connectivity index (χ1n) is 8.14. The third-order valence-corrected chi connectivity index (χ3v) is 6.16. The Labute approximate surface area is 146 Å². The quantitative estimate of drug-likeness (QED) is 0.717. The Bertz CT molecular complexity index is 817. The second-order valence-electron chi connectivity index (χ2n) is 6.05. The first kappa shape index (κ1) is 15.3. The van der Waals surface area contributed by atoms with Crippen molar-refractivity contribution in [3.63, 3.8) is 0 Å². The first-order valence-corrected chi connectivity index (χ1v) is 9.13. The van der Waals surface area contributed by atoms with Gasteiger partial charge in [0.15, 0.2) is 0 Å². The van der Waals surface area contributed by atoms with Crippen molar-refractivity contribution in [2.24, 2.45) is 0 Å². The Hall–Kier alpha value is -2.20. The molecule has 122 valence electrons. The maximum absolute atomic E-state index is 5.44. The number of fused-ring (bicyclic) bond motifs is 1. The van der Waals surface area contributed by atoms with Crippen LogP contribution >= 0.6 is 11.8 Å². The molecular weight excluding hydrogens is 316 g/mol. The lowest BCUT2D eigenvalue weighted by molar-refractivity contribution is 0.413. The predicted octanol–water partition coefficient (Wildman–Crippen LogP) is 4.12. The van der Waals surface area contributed by atoms with Gasteiger partial charge in [-0.15, -0.1) is 11.8 Å². The second-order valence-corrected chi connectivity index (χ2v) is 7.44. The molecule has 0 saturated carbocycles. The molecule has 0 fully saturated rings. The van der Waals surface area contributed by atoms with Gasteiger partial charge in [-0.1, -0.05) is 36.4 Å². The van der Waals surface area contributed by atoms with Crippen LogP contribution in [-0.4, -0.2) is 22.4 Å². The van der Waals surface area contributed by atoms with E-state index in [1.54, 1.807) is 7.11 Å². The molecule has 1 aliphatic rings. The normalized spacial score (nSPS) is 19.7. The van der Waals surface area contributed by atoms with Crippen molar-refractivity contribution in [1.82, 2.24) is 9.55 Å². The van der Waals surface area contributed by atoms with E-state index >= 15 is 0 Å². The average molecular weight is 336 g/mol. The van der Waals surface area contributed by atoms with Crippen molar-refractivity contribution < 1.29 is 4.74 Å². The lowest BCUT2D eigenvalue weighted by atomic mass is 9.85. The number of thioether (sulfide) groups is 1. The van der Waals surface area contributed by atoms with E-state index in [1.165, 1.54) is 16.7 Å². The molecule has 0 spiro atoms. The molecule has 3 nitrogen and oxygen atoms in total. The van der Waals surface area contributed by atoms with Gasteiger partial charge in [-0.25, -0.2) is 4.98 Å². The summed E-state index contributed by atoms with van der Waals surface area (Å²) in [5.41, 5.74) is 4.12. The minimum absolute atomic E-state index is 0.0954. The summed E-state index contributed by atoms with van der Waals surface area (Å²) in [4.78, 5) is 4.23. The van der Waals surface area contributed by atoms with Gasteiger partial charge >= 0.3 is 0 Å². The number of benzene rings is 2. The predicted molar refractivity (Wildman–Crippen MR) is 98.6 cm³/mol. The van der Waals surface area contributed by atoms with E-state index in [-0.39, 0.29) is 4.75 Å². The summed E-state index contributed by atoms with van der Waals surface area (Å²) < 4.78 is 7.52. The fraction of sp³-hybridized carbons (Fsp3) is 0.250. The van der Waals surface area contributed by atoms with E-state index < -0.39 is 0 Å². The van der Waals surface area contributed by atoms with Gasteiger partial charge in [0.2, 0.25) is 0 Å². The van der Waals surface area contributed by atoms with E-state index in [9.17, 15) is 0 Å². The van der Waals surface area contributed by atoms with Crippen LogP contribution < -0.4 is 4.74 Å². The van der Waals surface area contributed by atoms with Gasteiger partial charge in [-0.3, -0.25) is 0 Å². The molecule has 0 N–H and O–H groups in total. The average Bonchev–Trinajstić information content (AvgIpc) is 3.15. The van der Waals surface area contributed by atoms with Gasteiger partial charge in [0.05, 0.1) is 18.2 Å². The molecule has 1 aromatic heterocycles. The van der Waals surface area contributed by atoms with Gasteiger partial charge in [-0.2, -0.15) is 0 Å². The van der Waals surface area contributed by atoms with Crippen LogP contribution in [0.1, 0.15) is 16.7 Å². The molecule has 2 aromatic carbocycles. The topological polar surface area (TPSA) is 27.1 Å². The highest BCUT2D eigenvalue weighted by atomic mass is 32.2. The molecule has 24 heavy (non-hydrogen) atoms. The molecular formula is C20H20N2OS. The Morgan fingerprint density at radius 3 is 2.83 bits per heavy atom. The van der Waals surface area contributed by atoms with Crippen LogP contribution in [0.2, 0.25) is 0 Å². The van der Waals surface area contributed by atoms with Crippen LogP contribution in [0.15, 0.2) is 67.3 Å². The van der Waals surface area contributed by atoms with Crippen molar-refractivity contribution in [3.05, 3.63) is 83.9 Å². The summed E-state index contributed by atoms with van der Waals surface area (Å²) in [7, 11) is 1.73. The summed E-state index contributed by atoms with van der Waals surface area (Å²) >= 11 is 2.03. The third kappa shape index (κ3) is 2.61. The summed E-state index contributed by atoms with van der Waals surface area (Å²) in [6.45, 7) is 0.876. The summed E-state index contributed by atoms with van der Waals surface area (Å²) in [6.07, 6.45) is 6.88. The molecule has 4 rings (SSSR count). The monoisotopic (exact) mass is 336 g/mol. The molecule has 0 amide bonds. The fourth-order valence-corrected chi connectivity index (χ4v) is 5.08. The van der Waals surface area contributed by atoms with Crippen LogP contribution in [0, 0.1) is 0 Å². The van der Waals surface area contributed by atoms with Crippen LogP contribution in [0.25, 0.3) is 0 Å². The van der Waals surface area contributed by atoms with Crippen LogP contribution in [0.3, 0.4) is 0 Å². The number of aromatic nitrogens is 2. The number of imidazole rings is 1. The number of rotatable bonds is 4. The third-order valence-electron chi connectivity index (χ3n) is 4.67. The highest BCUT2D eigenvalue weighted by Crippen LogP contribution is 2.49. The van der Waals surface area contributed by atoms with Crippen molar-refractivity contribution in [2.75, 3.05) is 12.9 Å². The number of ether oxygens (including phenoxy) is 1. The Morgan fingerprint density at radius 1 is 1.21 bits per heavy atom. The summed E-state index contributed by atoms with van der Waals surface area (Å²) in [5.74, 6) is 2.04. The molecule has 1 unspecified atom stereocenters. The lowest BCUT2D eigenvalue weighted by Crippen LogP contribution is -2.34. The van der Waals surface area contributed by atoms with Gasteiger partial charge in [0, 0.05) is 18.9 Å². The van der Waals surface area contributed by atoms with E-state index in [4.69, 9.17) is 4.74 Å². The molecule has 4 heteroatoms. The molecule has 0 saturated heterocycles. The number of methoxy groups -OCH3 is 1. The zero-order chi connectivity index (χ0) is 16.4. The van der Waals surface area contributed by atoms with Crippen molar-refractivity contribution in [1.29, 1.82) is 0 Å². The Morgan fingerprint density at radius 2 is 2.08 bits per heavy atom. The molecule has 1 atom stereocenters. The minimum atomic E-state index is -0.0954. The lowest BCUT2D eigenvalue weighted by Gasteiger charge is -2.39. The number of aryl methyl sites for hydroxylation is 1. The Balaban J connectivity index is 1.89. The zero-order valence-electron chi connectivity index (χ0n) is 13.7. The van der Waals surface area contributed by atoms with Crippen molar-refractivity contribution in [2.45, 2.75) is 17.7 Å². The van der Waals surface area contributed by atoms with E-state index in [0.29, 0.717) is 0 Å². The van der Waals surface area contributed by atoms with Gasteiger partial charge in [0.1, 0.15) is 5.75 Å². The molecule has 2 heterocycles. The van der Waals surface area contributed by atoms with Crippen LogP contribution in [-0.2, 0) is 17.7 Å². The smallest absolute Gasteiger partial charge is 0.119 e. The fourth-order valence-electron chi connectivity index (χ4n) is 3.52. The van der Waals surface area contributed by atoms with Gasteiger partial charge in [0.25, 0.3) is 0 Å². The van der Waals surface area contributed by atoms with Crippen LogP contribution in [0.5, 0.6) is 5.75 Å². The minimum Gasteiger partial charge on any atom is -0.497 e. The molecule has 0 bridgehead atoms. The van der Waals surface area contributed by atoms with Crippen molar-refractivity contribution >= 4 is 11.8 Å². The molecule has 3 aromatic rings. The molecule has 1 aliphatic heterocycles. The standard InChI is InChI=1S/C20H20N2OS/c1-23-18-7-8-19-16(13-18)9-12-24-20(19,14-22-11-10-21-15-22)17-5-3-2-4-6-17/h2-8,10-11,13,15H,9,12,14H2,1H3. The maximum Gasteiger partial charge on any atom is 0.119 e. The SMILES string of the molecule is COc1ccc2c(c1)CCSC2(Cn1ccnc1)c1ccccc1. The van der Waals surface area contributed by atoms with Crippen molar-refractivity contribution in [3.8, 4) is 5.75 Å². The number of hydrogen-bond donors (Lipinski definition) is 0. The molecule has 0 radical (unpaired) electrons.